The molecule has 5 rings (SSSR count). The molecule has 1 saturated heterocycles. The number of thiazole rings is 2. The van der Waals surface area contributed by atoms with Crippen LogP contribution in [-0.2, 0) is 35.4 Å². The second-order valence-electron chi connectivity index (χ2n) is 9.64. The maximum atomic E-state index is 13.3. The highest BCUT2D eigenvalue weighted by Gasteiger charge is 2.54. The third-order valence-electron chi connectivity index (χ3n) is 6.36. The molecule has 3 amide bonds. The van der Waals surface area contributed by atoms with Gasteiger partial charge in [0.05, 0.1) is 6.20 Å². The maximum absolute atomic E-state index is 13.3. The van der Waals surface area contributed by atoms with Crippen molar-refractivity contribution in [2.45, 2.75) is 37.4 Å². The van der Waals surface area contributed by atoms with Crippen molar-refractivity contribution in [2.75, 3.05) is 16.8 Å². The van der Waals surface area contributed by atoms with Gasteiger partial charge in [0.2, 0.25) is 12.0 Å². The minimum atomic E-state index is -1.78. The third kappa shape index (κ3) is 5.73. The van der Waals surface area contributed by atoms with Crippen LogP contribution in [-0.4, -0.2) is 83.7 Å². The van der Waals surface area contributed by atoms with Crippen LogP contribution in [0.15, 0.2) is 40.1 Å². The molecule has 1 unspecified atom stereocenters. The zero-order chi connectivity index (χ0) is 31.1. The minimum absolute atomic E-state index is 0.00858. The molecule has 1 fully saturated rings. The van der Waals surface area contributed by atoms with Gasteiger partial charge in [-0.15, -0.1) is 23.1 Å². The van der Waals surface area contributed by atoms with E-state index in [1.54, 1.807) is 16.8 Å². The summed E-state index contributed by atoms with van der Waals surface area (Å²) in [4.78, 5) is 75.8. The average molecular weight is 648 g/mol. The van der Waals surface area contributed by atoms with Crippen LogP contribution in [0, 0.1) is 0 Å². The lowest BCUT2D eigenvalue weighted by molar-refractivity contribution is -0.664. The number of β-lactam (4-membered cyclic amide) rings is 1. The van der Waals surface area contributed by atoms with Crippen molar-refractivity contribution < 1.29 is 43.6 Å². The lowest BCUT2D eigenvalue weighted by atomic mass is 10.0. The predicted octanol–water partition coefficient (Wildman–Crippen LogP) is 0.214. The third-order valence-corrected chi connectivity index (χ3v) is 9.31. The molecule has 2 aliphatic heterocycles. The van der Waals surface area contributed by atoms with Crippen molar-refractivity contribution in [1.29, 1.82) is 0 Å². The Morgan fingerprint density at radius 3 is 2.74 bits per heavy atom. The number of aromatic nitrogens is 3. The number of carbonyl (C=O) groups is 5. The standard InChI is InChI=1S/C24H22N8O8S3/c1-24(2,21(38)39)40-30-13(11-8-42-22(25)27-11)17(34)28-14-18(35)32-15(20(36)37)10(7-41-19(14)32)6-31-5-3-4-12-16(31)29-23(43-12)26-9-33/h3-5,8-9,14,19H,6-7H2,1-2H3,(H5,25,27,28,34,36,37,38,39)/p+1/t14?,19-/m0/s1. The Morgan fingerprint density at radius 1 is 1.33 bits per heavy atom. The zero-order valence-electron chi connectivity index (χ0n) is 22.3. The minimum Gasteiger partial charge on any atom is -0.478 e. The number of carboxylic acids is 2. The normalized spacial score (nSPS) is 18.6. The number of thioether (sulfide) groups is 1. The molecule has 2 aliphatic rings. The monoisotopic (exact) mass is 647 g/mol. The number of amides is 3. The second-order valence-corrected chi connectivity index (χ2v) is 12.7. The number of anilines is 2. The van der Waals surface area contributed by atoms with E-state index in [-0.39, 0.29) is 28.8 Å². The lowest BCUT2D eigenvalue weighted by Crippen LogP contribution is -2.71. The van der Waals surface area contributed by atoms with E-state index in [2.05, 4.69) is 25.8 Å². The number of nitrogens with zero attached hydrogens (tertiary/aromatic N) is 5. The van der Waals surface area contributed by atoms with Gasteiger partial charge >= 0.3 is 22.7 Å². The highest BCUT2D eigenvalue weighted by atomic mass is 32.2. The van der Waals surface area contributed by atoms with Gasteiger partial charge in [-0.25, -0.2) is 19.1 Å². The van der Waals surface area contributed by atoms with E-state index in [0.717, 1.165) is 20.9 Å². The lowest BCUT2D eigenvalue weighted by Gasteiger charge is -2.49. The number of rotatable bonds is 11. The summed E-state index contributed by atoms with van der Waals surface area (Å²) in [5, 5.41) is 29.4. The number of nitrogens with one attached hydrogen (secondary N) is 2. The van der Waals surface area contributed by atoms with E-state index in [4.69, 9.17) is 10.6 Å². The van der Waals surface area contributed by atoms with Crippen LogP contribution in [0.3, 0.4) is 0 Å². The van der Waals surface area contributed by atoms with E-state index in [9.17, 15) is 34.2 Å². The molecule has 0 spiro atoms. The fraction of sp³-hybridized carbons (Fsp3) is 0.292. The largest absolute Gasteiger partial charge is 0.478 e. The molecular weight excluding hydrogens is 625 g/mol. The number of nitrogens with two attached hydrogens (primary N) is 1. The number of pyridine rings is 1. The van der Waals surface area contributed by atoms with E-state index in [1.165, 1.54) is 42.3 Å². The summed E-state index contributed by atoms with van der Waals surface area (Å²) in [5.74, 6) is -3.95. The molecule has 2 atom stereocenters. The Labute approximate surface area is 254 Å². The molecule has 16 nitrogen and oxygen atoms in total. The number of hydrogen-bond donors (Lipinski definition) is 5. The Hall–Kier alpha value is -4.62. The van der Waals surface area contributed by atoms with E-state index in [0.29, 0.717) is 22.8 Å². The summed E-state index contributed by atoms with van der Waals surface area (Å²) in [6, 6.07) is 2.48. The molecule has 0 aromatic carbocycles. The van der Waals surface area contributed by atoms with Gasteiger partial charge in [0.1, 0.15) is 34.1 Å². The summed E-state index contributed by atoms with van der Waals surface area (Å²) < 4.78 is 2.49. The highest BCUT2D eigenvalue weighted by molar-refractivity contribution is 8.00. The number of nitrogen functional groups attached to an aromatic ring is 1. The number of aliphatic carboxylic acids is 2. The molecule has 5 heterocycles. The Bertz CT molecular complexity index is 1730. The first-order chi connectivity index (χ1) is 20.4. The van der Waals surface area contributed by atoms with Gasteiger partial charge < -0.3 is 26.1 Å². The van der Waals surface area contributed by atoms with E-state index < -0.39 is 46.5 Å². The number of carbonyl (C=O) groups excluding carboxylic acids is 3. The molecule has 0 saturated carbocycles. The van der Waals surface area contributed by atoms with Crippen molar-refractivity contribution in [3.63, 3.8) is 0 Å². The van der Waals surface area contributed by atoms with Gasteiger partial charge in [-0.3, -0.25) is 24.6 Å². The van der Waals surface area contributed by atoms with Crippen molar-refractivity contribution in [3.8, 4) is 0 Å². The zero-order valence-corrected chi connectivity index (χ0v) is 24.8. The van der Waals surface area contributed by atoms with Crippen LogP contribution < -0.4 is 20.9 Å². The molecule has 19 heteroatoms. The molecule has 0 bridgehead atoms. The fourth-order valence-electron chi connectivity index (χ4n) is 4.20. The van der Waals surface area contributed by atoms with Crippen LogP contribution >= 0.6 is 34.4 Å². The van der Waals surface area contributed by atoms with Crippen LogP contribution in [0.1, 0.15) is 19.5 Å². The molecule has 0 aliphatic carbocycles. The smallest absolute Gasteiger partial charge is 0.352 e. The molecule has 43 heavy (non-hydrogen) atoms. The summed E-state index contributed by atoms with van der Waals surface area (Å²) in [6.45, 7) is 2.59. The molecule has 224 valence electrons. The Morgan fingerprint density at radius 2 is 2.09 bits per heavy atom. The van der Waals surface area contributed by atoms with Crippen molar-refractivity contribution in [3.05, 3.63) is 40.7 Å². The number of hydrogen-bond acceptors (Lipinski definition) is 13. The number of fused-ring (bicyclic) bond motifs is 2. The van der Waals surface area contributed by atoms with Gasteiger partial charge in [-0.2, -0.15) is 0 Å². The second kappa shape index (κ2) is 11.6. The van der Waals surface area contributed by atoms with Crippen molar-refractivity contribution >= 4 is 90.9 Å². The van der Waals surface area contributed by atoms with Gasteiger partial charge in [0.25, 0.3) is 11.8 Å². The van der Waals surface area contributed by atoms with E-state index in [1.807, 2.05) is 6.07 Å². The summed E-state index contributed by atoms with van der Waals surface area (Å²) in [5.41, 5.74) is 4.31. The predicted molar refractivity (Wildman–Crippen MR) is 155 cm³/mol. The van der Waals surface area contributed by atoms with Crippen LogP contribution in [0.5, 0.6) is 0 Å². The average Bonchev–Trinajstić information content (AvgIpc) is 3.57. The highest BCUT2D eigenvalue weighted by Crippen LogP contribution is 2.40. The van der Waals surface area contributed by atoms with Gasteiger partial charge in [-0.05, 0) is 31.0 Å². The molecular formula is C24H23N8O8S3+. The topological polar surface area (TPSA) is 230 Å². The molecule has 6 N–H and O–H groups in total. The summed E-state index contributed by atoms with van der Waals surface area (Å²) >= 11 is 3.54. The first-order valence-electron chi connectivity index (χ1n) is 12.3. The van der Waals surface area contributed by atoms with Gasteiger partial charge in [0.15, 0.2) is 10.8 Å². The quantitative estimate of drug-likeness (QED) is 0.0618. The maximum Gasteiger partial charge on any atom is 0.352 e. The summed E-state index contributed by atoms with van der Waals surface area (Å²) in [7, 11) is 0. The first kappa shape index (κ1) is 29.9. The molecule has 3 aromatic heterocycles. The molecule has 3 aromatic rings. The van der Waals surface area contributed by atoms with Crippen LogP contribution in [0.25, 0.3) is 10.3 Å². The van der Waals surface area contributed by atoms with Crippen LogP contribution in [0.4, 0.5) is 10.3 Å². The number of carboxylic acid groups (broad SMARTS) is 2. The Kier molecular flexibility index (Phi) is 8.04. The fourth-order valence-corrected chi connectivity index (χ4v) is 6.93. The first-order valence-corrected chi connectivity index (χ1v) is 15.1. The van der Waals surface area contributed by atoms with E-state index >= 15 is 0 Å². The van der Waals surface area contributed by atoms with Crippen molar-refractivity contribution in [2.24, 2.45) is 5.16 Å². The number of oxime groups is 1. The summed E-state index contributed by atoms with van der Waals surface area (Å²) in [6.07, 6.45) is 2.23. The van der Waals surface area contributed by atoms with Gasteiger partial charge in [0, 0.05) is 16.7 Å². The SMILES string of the molecule is CC(C)(ON=C(C(=O)NC1C(=O)N2C(C(=O)O)=C(C[n+]3cccc4sc(NC=O)nc43)CS[C@@H]12)c1csc(N)n1)C(=O)O. The van der Waals surface area contributed by atoms with Gasteiger partial charge in [-0.1, -0.05) is 16.5 Å². The molecule has 0 radical (unpaired) electrons. The van der Waals surface area contributed by atoms with Crippen LogP contribution in [0.2, 0.25) is 0 Å². The Balaban J connectivity index is 1.38. The van der Waals surface area contributed by atoms with Crippen molar-refractivity contribution in [1.82, 2.24) is 20.2 Å².